The Hall–Kier alpha value is -1.64. The van der Waals surface area contributed by atoms with Gasteiger partial charge in [-0.25, -0.2) is 18.1 Å². The Morgan fingerprint density at radius 2 is 1.86 bits per heavy atom. The van der Waals surface area contributed by atoms with Crippen molar-refractivity contribution in [2.45, 2.75) is 23.8 Å². The first-order valence-electron chi connectivity index (χ1n) is 9.15. The maximum absolute atomic E-state index is 12.7. The van der Waals surface area contributed by atoms with Crippen LogP contribution in [0, 0.1) is 0 Å². The maximum Gasteiger partial charge on any atom is 0.240 e. The van der Waals surface area contributed by atoms with Crippen LogP contribution in [-0.2, 0) is 10.0 Å². The van der Waals surface area contributed by atoms with E-state index < -0.39 is 10.0 Å². The second-order valence-electron chi connectivity index (χ2n) is 6.81. The van der Waals surface area contributed by atoms with Crippen LogP contribution < -0.4 is 9.62 Å². The standard InChI is InChI=1S/C20H19Cl2N3O2S2/c21-18-8-5-15(12-19(18)22)14-3-6-17(7-4-14)29(26,27)24-13-16-2-1-10-25(16)20-23-9-11-28-20/h3-9,11-12,16,24H,1-2,10,13H2. The van der Waals surface area contributed by atoms with E-state index in [1.165, 1.54) is 0 Å². The molecule has 5 nitrogen and oxygen atoms in total. The Labute approximate surface area is 184 Å². The van der Waals surface area contributed by atoms with E-state index in [2.05, 4.69) is 14.6 Å². The lowest BCUT2D eigenvalue weighted by atomic mass is 10.1. The lowest BCUT2D eigenvalue weighted by molar-refractivity contribution is 0.567. The molecule has 1 N–H and O–H groups in total. The Balaban J connectivity index is 1.45. The van der Waals surface area contributed by atoms with E-state index in [1.807, 2.05) is 11.4 Å². The number of aromatic nitrogens is 1. The third-order valence-electron chi connectivity index (χ3n) is 4.97. The summed E-state index contributed by atoms with van der Waals surface area (Å²) in [6.45, 7) is 1.26. The summed E-state index contributed by atoms with van der Waals surface area (Å²) in [6, 6.07) is 12.2. The largest absolute Gasteiger partial charge is 0.344 e. The molecule has 1 atom stereocenters. The molecule has 1 fully saturated rings. The molecule has 3 aromatic rings. The maximum atomic E-state index is 12.7. The van der Waals surface area contributed by atoms with Gasteiger partial charge in [-0.1, -0.05) is 41.4 Å². The van der Waals surface area contributed by atoms with E-state index in [0.717, 1.165) is 35.6 Å². The predicted molar refractivity (Wildman–Crippen MR) is 120 cm³/mol. The summed E-state index contributed by atoms with van der Waals surface area (Å²) in [5.74, 6) is 0. The van der Waals surface area contributed by atoms with Crippen molar-refractivity contribution in [1.82, 2.24) is 9.71 Å². The summed E-state index contributed by atoms with van der Waals surface area (Å²) in [6.07, 6.45) is 3.75. The number of benzene rings is 2. The van der Waals surface area contributed by atoms with Crippen LogP contribution in [0.2, 0.25) is 10.0 Å². The highest BCUT2D eigenvalue weighted by Gasteiger charge is 2.28. The van der Waals surface area contributed by atoms with Crippen molar-refractivity contribution in [3.8, 4) is 11.1 Å². The van der Waals surface area contributed by atoms with Gasteiger partial charge in [0.1, 0.15) is 0 Å². The topological polar surface area (TPSA) is 62.3 Å². The van der Waals surface area contributed by atoms with Crippen LogP contribution in [-0.4, -0.2) is 32.5 Å². The van der Waals surface area contributed by atoms with E-state index in [-0.39, 0.29) is 10.9 Å². The lowest BCUT2D eigenvalue weighted by Crippen LogP contribution is -2.40. The quantitative estimate of drug-likeness (QED) is 0.549. The van der Waals surface area contributed by atoms with Crippen molar-refractivity contribution in [3.63, 3.8) is 0 Å². The molecule has 0 spiro atoms. The first kappa shape index (κ1) is 20.6. The molecule has 9 heteroatoms. The summed E-state index contributed by atoms with van der Waals surface area (Å²) in [4.78, 5) is 6.77. The summed E-state index contributed by atoms with van der Waals surface area (Å²) in [5, 5.41) is 3.82. The predicted octanol–water partition coefficient (Wildman–Crippen LogP) is 5.06. The first-order valence-corrected chi connectivity index (χ1v) is 12.3. The van der Waals surface area contributed by atoms with Crippen LogP contribution in [0.1, 0.15) is 12.8 Å². The molecule has 0 saturated carbocycles. The molecule has 1 aliphatic heterocycles. The molecule has 0 aliphatic carbocycles. The molecule has 1 aliphatic rings. The molecule has 2 aromatic carbocycles. The summed E-state index contributed by atoms with van der Waals surface area (Å²) in [5.41, 5.74) is 1.75. The molecule has 1 unspecified atom stereocenters. The van der Waals surface area contributed by atoms with Crippen molar-refractivity contribution in [2.24, 2.45) is 0 Å². The van der Waals surface area contributed by atoms with Crippen LogP contribution >= 0.6 is 34.5 Å². The number of nitrogens with one attached hydrogen (secondary N) is 1. The van der Waals surface area contributed by atoms with Gasteiger partial charge in [-0.05, 0) is 48.2 Å². The fourth-order valence-electron chi connectivity index (χ4n) is 3.45. The van der Waals surface area contributed by atoms with Crippen LogP contribution in [0.4, 0.5) is 5.13 Å². The molecule has 1 aromatic heterocycles. The van der Waals surface area contributed by atoms with Gasteiger partial charge < -0.3 is 4.90 Å². The Bertz CT molecular complexity index is 1090. The molecule has 0 radical (unpaired) electrons. The second kappa shape index (κ2) is 8.62. The molecular formula is C20H19Cl2N3O2S2. The van der Waals surface area contributed by atoms with E-state index in [9.17, 15) is 8.42 Å². The van der Waals surface area contributed by atoms with E-state index in [0.29, 0.717) is 16.6 Å². The molecule has 4 rings (SSSR count). The number of rotatable bonds is 6. The van der Waals surface area contributed by atoms with Gasteiger partial charge in [-0.3, -0.25) is 0 Å². The summed E-state index contributed by atoms with van der Waals surface area (Å²) < 4.78 is 28.2. The van der Waals surface area contributed by atoms with Crippen molar-refractivity contribution < 1.29 is 8.42 Å². The Morgan fingerprint density at radius 3 is 2.55 bits per heavy atom. The number of halogens is 2. The average Bonchev–Trinajstić information content (AvgIpc) is 3.40. The first-order chi connectivity index (χ1) is 13.9. The third kappa shape index (κ3) is 4.59. The minimum Gasteiger partial charge on any atom is -0.344 e. The number of thiazole rings is 1. The number of anilines is 1. The average molecular weight is 468 g/mol. The number of sulfonamides is 1. The monoisotopic (exact) mass is 467 g/mol. The fourth-order valence-corrected chi connectivity index (χ4v) is 5.56. The minimum absolute atomic E-state index is 0.117. The van der Waals surface area contributed by atoms with Crippen LogP contribution in [0.3, 0.4) is 0 Å². The molecule has 1 saturated heterocycles. The summed E-state index contributed by atoms with van der Waals surface area (Å²) in [7, 11) is -3.59. The molecule has 0 bridgehead atoms. The highest BCUT2D eigenvalue weighted by Crippen LogP contribution is 2.29. The molecule has 152 valence electrons. The van der Waals surface area contributed by atoms with Crippen molar-refractivity contribution >= 4 is 49.7 Å². The third-order valence-corrected chi connectivity index (χ3v) is 7.96. The smallest absolute Gasteiger partial charge is 0.240 e. The van der Waals surface area contributed by atoms with Crippen LogP contribution in [0.15, 0.2) is 58.9 Å². The lowest BCUT2D eigenvalue weighted by Gasteiger charge is -2.24. The highest BCUT2D eigenvalue weighted by atomic mass is 35.5. The minimum atomic E-state index is -3.59. The van der Waals surface area contributed by atoms with Crippen molar-refractivity contribution in [2.75, 3.05) is 18.0 Å². The van der Waals surface area contributed by atoms with E-state index in [4.69, 9.17) is 23.2 Å². The Morgan fingerprint density at radius 1 is 1.10 bits per heavy atom. The van der Waals surface area contributed by atoms with Crippen LogP contribution in [0.25, 0.3) is 11.1 Å². The van der Waals surface area contributed by atoms with Crippen LogP contribution in [0.5, 0.6) is 0 Å². The zero-order chi connectivity index (χ0) is 20.4. The zero-order valence-electron chi connectivity index (χ0n) is 15.4. The van der Waals surface area contributed by atoms with Gasteiger partial charge in [0.15, 0.2) is 5.13 Å². The second-order valence-corrected chi connectivity index (χ2v) is 10.3. The van der Waals surface area contributed by atoms with E-state index >= 15 is 0 Å². The van der Waals surface area contributed by atoms with Gasteiger partial charge in [0.25, 0.3) is 0 Å². The summed E-state index contributed by atoms with van der Waals surface area (Å²) >= 11 is 13.6. The van der Waals surface area contributed by atoms with E-state index in [1.54, 1.807) is 53.9 Å². The number of nitrogens with zero attached hydrogens (tertiary/aromatic N) is 2. The van der Waals surface area contributed by atoms with Crippen molar-refractivity contribution in [1.29, 1.82) is 0 Å². The number of hydrogen-bond donors (Lipinski definition) is 1. The van der Waals surface area contributed by atoms with Gasteiger partial charge in [0, 0.05) is 30.7 Å². The van der Waals surface area contributed by atoms with Gasteiger partial charge in [-0.15, -0.1) is 11.3 Å². The number of hydrogen-bond acceptors (Lipinski definition) is 5. The van der Waals surface area contributed by atoms with Gasteiger partial charge >= 0.3 is 0 Å². The highest BCUT2D eigenvalue weighted by molar-refractivity contribution is 7.89. The Kier molecular flexibility index (Phi) is 6.13. The normalized spacial score (nSPS) is 17.0. The zero-order valence-corrected chi connectivity index (χ0v) is 18.5. The van der Waals surface area contributed by atoms with Gasteiger partial charge in [0.2, 0.25) is 10.0 Å². The van der Waals surface area contributed by atoms with Gasteiger partial charge in [-0.2, -0.15) is 0 Å². The SMILES string of the molecule is O=S(=O)(NCC1CCCN1c1nccs1)c1ccc(-c2ccc(Cl)c(Cl)c2)cc1. The van der Waals surface area contributed by atoms with Crippen molar-refractivity contribution in [3.05, 3.63) is 64.1 Å². The van der Waals surface area contributed by atoms with Gasteiger partial charge in [0.05, 0.1) is 14.9 Å². The molecule has 29 heavy (non-hydrogen) atoms. The fraction of sp³-hybridized carbons (Fsp3) is 0.250. The molecule has 2 heterocycles. The molecular weight excluding hydrogens is 449 g/mol. The molecule has 0 amide bonds.